The molecule has 1 heterocycles. The van der Waals surface area contributed by atoms with E-state index in [0.29, 0.717) is 5.56 Å². The zero-order valence-electron chi connectivity index (χ0n) is 11.5. The summed E-state index contributed by atoms with van der Waals surface area (Å²) >= 11 is 6.01. The van der Waals surface area contributed by atoms with Crippen molar-refractivity contribution in [3.63, 3.8) is 0 Å². The number of nitrogens with zero attached hydrogens (tertiary/aromatic N) is 1. The Kier molecular flexibility index (Phi) is 3.62. The van der Waals surface area contributed by atoms with E-state index in [9.17, 15) is 4.39 Å². The first kappa shape index (κ1) is 14.0. The van der Waals surface area contributed by atoms with E-state index in [2.05, 4.69) is 4.98 Å². The second kappa shape index (κ2) is 5.43. The van der Waals surface area contributed by atoms with Crippen LogP contribution in [0.4, 0.5) is 4.39 Å². The first-order valence-electron chi connectivity index (χ1n) is 6.63. The second-order valence-electron chi connectivity index (χ2n) is 5.03. The molecule has 0 amide bonds. The maximum absolute atomic E-state index is 13.6. The van der Waals surface area contributed by atoms with Gasteiger partial charge in [-0.25, -0.2) is 4.39 Å². The lowest BCUT2D eigenvalue weighted by Crippen LogP contribution is -2.12. The minimum atomic E-state index is -0.473. The van der Waals surface area contributed by atoms with E-state index in [1.165, 1.54) is 6.07 Å². The number of pyridine rings is 1. The Balaban J connectivity index is 2.07. The van der Waals surface area contributed by atoms with Crippen LogP contribution in [0.2, 0.25) is 5.02 Å². The Bertz CT molecular complexity index is 817. The zero-order valence-corrected chi connectivity index (χ0v) is 12.2. The molecular weight excluding hydrogens is 287 g/mol. The van der Waals surface area contributed by atoms with E-state index in [4.69, 9.17) is 17.3 Å². The van der Waals surface area contributed by atoms with Crippen LogP contribution in [0.1, 0.15) is 22.9 Å². The van der Waals surface area contributed by atoms with Crippen LogP contribution >= 0.6 is 11.6 Å². The predicted molar refractivity (Wildman–Crippen MR) is 83.9 cm³/mol. The van der Waals surface area contributed by atoms with Gasteiger partial charge in [-0.15, -0.1) is 0 Å². The van der Waals surface area contributed by atoms with E-state index in [-0.39, 0.29) is 5.02 Å². The summed E-state index contributed by atoms with van der Waals surface area (Å²) in [5, 5.41) is 1.08. The molecule has 0 aliphatic carbocycles. The molecule has 0 saturated heterocycles. The number of rotatable bonds is 2. The average molecular weight is 301 g/mol. The lowest BCUT2D eigenvalue weighted by atomic mass is 9.98. The summed E-state index contributed by atoms with van der Waals surface area (Å²) in [6, 6.07) is 14.0. The van der Waals surface area contributed by atoms with Gasteiger partial charge >= 0.3 is 0 Å². The van der Waals surface area contributed by atoms with Crippen molar-refractivity contribution in [2.75, 3.05) is 0 Å². The van der Waals surface area contributed by atoms with Gasteiger partial charge in [0.15, 0.2) is 0 Å². The topological polar surface area (TPSA) is 38.9 Å². The number of fused-ring (bicyclic) bond motifs is 1. The van der Waals surface area contributed by atoms with Crippen LogP contribution in [0.25, 0.3) is 10.9 Å². The minimum Gasteiger partial charge on any atom is -0.320 e. The molecule has 2 aromatic carbocycles. The molecule has 0 radical (unpaired) electrons. The molecule has 2 N–H and O–H groups in total. The third kappa shape index (κ3) is 2.62. The van der Waals surface area contributed by atoms with Gasteiger partial charge in [0.05, 0.1) is 16.6 Å². The van der Waals surface area contributed by atoms with Crippen LogP contribution in [-0.2, 0) is 0 Å². The van der Waals surface area contributed by atoms with Gasteiger partial charge in [-0.05, 0) is 42.3 Å². The van der Waals surface area contributed by atoms with Crippen LogP contribution in [0.3, 0.4) is 0 Å². The van der Waals surface area contributed by atoms with Crippen LogP contribution in [-0.4, -0.2) is 4.98 Å². The number of benzene rings is 2. The van der Waals surface area contributed by atoms with E-state index < -0.39 is 11.9 Å². The molecule has 0 aliphatic rings. The van der Waals surface area contributed by atoms with Gasteiger partial charge in [0.2, 0.25) is 0 Å². The molecule has 3 rings (SSSR count). The number of hydrogen-bond donors (Lipinski definition) is 1. The molecular formula is C17H14ClFN2. The van der Waals surface area contributed by atoms with Gasteiger partial charge in [-0.1, -0.05) is 35.9 Å². The Morgan fingerprint density at radius 3 is 2.76 bits per heavy atom. The number of aromatic nitrogens is 1. The highest BCUT2D eigenvalue weighted by Gasteiger charge is 2.15. The number of aryl methyl sites for hydroxylation is 1. The third-order valence-electron chi connectivity index (χ3n) is 3.53. The van der Waals surface area contributed by atoms with Crippen LogP contribution in [0, 0.1) is 12.7 Å². The van der Waals surface area contributed by atoms with Gasteiger partial charge in [-0.2, -0.15) is 0 Å². The first-order valence-corrected chi connectivity index (χ1v) is 7.01. The summed E-state index contributed by atoms with van der Waals surface area (Å²) in [5.74, 6) is -0.456. The van der Waals surface area contributed by atoms with Gasteiger partial charge in [0.1, 0.15) is 5.82 Å². The lowest BCUT2D eigenvalue weighted by molar-refractivity contribution is 0.624. The molecule has 0 saturated carbocycles. The maximum atomic E-state index is 13.6. The van der Waals surface area contributed by atoms with Crippen molar-refractivity contribution in [2.45, 2.75) is 13.0 Å². The summed E-state index contributed by atoms with van der Waals surface area (Å²) in [5.41, 5.74) is 9.57. The average Bonchev–Trinajstić information content (AvgIpc) is 2.49. The fourth-order valence-electron chi connectivity index (χ4n) is 2.38. The minimum absolute atomic E-state index is 0.0760. The fraction of sp³-hybridized carbons (Fsp3) is 0.118. The van der Waals surface area contributed by atoms with Crippen molar-refractivity contribution in [3.05, 3.63) is 76.2 Å². The van der Waals surface area contributed by atoms with Crippen LogP contribution in [0.15, 0.2) is 48.5 Å². The molecule has 1 atom stereocenters. The molecule has 0 spiro atoms. The monoisotopic (exact) mass is 300 g/mol. The summed E-state index contributed by atoms with van der Waals surface area (Å²) in [7, 11) is 0. The van der Waals surface area contributed by atoms with E-state index >= 15 is 0 Å². The Hall–Kier alpha value is -1.97. The first-order chi connectivity index (χ1) is 10.1. The van der Waals surface area contributed by atoms with Crippen molar-refractivity contribution >= 4 is 22.5 Å². The summed E-state index contributed by atoms with van der Waals surface area (Å²) in [6.07, 6.45) is 0. The molecule has 0 aliphatic heterocycles. The summed E-state index contributed by atoms with van der Waals surface area (Å²) in [6.45, 7) is 1.95. The van der Waals surface area contributed by atoms with Gasteiger partial charge in [0.25, 0.3) is 0 Å². The molecule has 2 nitrogen and oxygen atoms in total. The molecule has 0 fully saturated rings. The second-order valence-corrected chi connectivity index (χ2v) is 5.40. The SMILES string of the molecule is Cc1ccc2cc(C(N)c3cccc(F)c3Cl)ccc2n1. The number of halogens is 2. The van der Waals surface area contributed by atoms with Crippen LogP contribution in [0.5, 0.6) is 0 Å². The molecule has 4 heteroatoms. The molecule has 0 bridgehead atoms. The van der Waals surface area contributed by atoms with Gasteiger partial charge in [-0.3, -0.25) is 4.98 Å². The smallest absolute Gasteiger partial charge is 0.142 e. The van der Waals surface area contributed by atoms with Crippen molar-refractivity contribution in [3.8, 4) is 0 Å². The lowest BCUT2D eigenvalue weighted by Gasteiger charge is -2.15. The summed E-state index contributed by atoms with van der Waals surface area (Å²) in [4.78, 5) is 4.45. The van der Waals surface area contributed by atoms with E-state index in [1.54, 1.807) is 12.1 Å². The molecule has 3 aromatic rings. The fourth-order valence-corrected chi connectivity index (χ4v) is 2.62. The number of hydrogen-bond acceptors (Lipinski definition) is 2. The largest absolute Gasteiger partial charge is 0.320 e. The quantitative estimate of drug-likeness (QED) is 0.762. The van der Waals surface area contributed by atoms with E-state index in [1.807, 2.05) is 37.3 Å². The highest BCUT2D eigenvalue weighted by atomic mass is 35.5. The van der Waals surface area contributed by atoms with Crippen molar-refractivity contribution < 1.29 is 4.39 Å². The highest BCUT2D eigenvalue weighted by Crippen LogP contribution is 2.29. The molecule has 1 aromatic heterocycles. The Labute approximate surface area is 127 Å². The Morgan fingerprint density at radius 1 is 1.14 bits per heavy atom. The van der Waals surface area contributed by atoms with Gasteiger partial charge < -0.3 is 5.73 Å². The highest BCUT2D eigenvalue weighted by molar-refractivity contribution is 6.31. The normalized spacial score (nSPS) is 12.6. The van der Waals surface area contributed by atoms with Crippen molar-refractivity contribution in [2.24, 2.45) is 5.73 Å². The predicted octanol–water partition coefficient (Wildman–Crippen LogP) is 4.38. The molecule has 106 valence electrons. The van der Waals surface area contributed by atoms with Gasteiger partial charge in [0, 0.05) is 11.1 Å². The van der Waals surface area contributed by atoms with E-state index in [0.717, 1.165) is 22.2 Å². The number of nitrogens with two attached hydrogens (primary N) is 1. The molecule has 1 unspecified atom stereocenters. The third-order valence-corrected chi connectivity index (χ3v) is 3.93. The van der Waals surface area contributed by atoms with Crippen molar-refractivity contribution in [1.82, 2.24) is 4.98 Å². The van der Waals surface area contributed by atoms with Crippen molar-refractivity contribution in [1.29, 1.82) is 0 Å². The Morgan fingerprint density at radius 2 is 1.95 bits per heavy atom. The zero-order chi connectivity index (χ0) is 15.0. The standard InChI is InChI=1S/C17H14ClFN2/c1-10-5-6-11-9-12(7-8-15(11)21-10)17(20)13-3-2-4-14(19)16(13)18/h2-9,17H,20H2,1H3. The van der Waals surface area contributed by atoms with Crippen LogP contribution < -0.4 is 5.73 Å². The maximum Gasteiger partial charge on any atom is 0.142 e. The molecule has 21 heavy (non-hydrogen) atoms. The summed E-state index contributed by atoms with van der Waals surface area (Å²) < 4.78 is 13.6.